The highest BCUT2D eigenvalue weighted by Gasteiger charge is 2.25. The molecule has 74 valence electrons. The van der Waals surface area contributed by atoms with Crippen LogP contribution in [0, 0.1) is 0 Å². The van der Waals surface area contributed by atoms with Gasteiger partial charge in [-0.2, -0.15) is 0 Å². The molecule has 0 aliphatic carbocycles. The lowest BCUT2D eigenvalue weighted by Crippen LogP contribution is -2.32. The molecule has 2 rings (SSSR count). The van der Waals surface area contributed by atoms with E-state index in [9.17, 15) is 0 Å². The molecule has 0 saturated carbocycles. The molecule has 1 aromatic carbocycles. The summed E-state index contributed by atoms with van der Waals surface area (Å²) in [6.07, 6.45) is 0. The quantitative estimate of drug-likeness (QED) is 0.829. The fourth-order valence-corrected chi connectivity index (χ4v) is 2.18. The summed E-state index contributed by atoms with van der Waals surface area (Å²) in [7, 11) is 1.97. The van der Waals surface area contributed by atoms with Gasteiger partial charge in [-0.05, 0) is 11.6 Å². The van der Waals surface area contributed by atoms with E-state index in [1.807, 2.05) is 30.1 Å². The van der Waals surface area contributed by atoms with Gasteiger partial charge < -0.3 is 10.6 Å². The van der Waals surface area contributed by atoms with Crippen molar-refractivity contribution in [1.82, 2.24) is 4.90 Å². The first-order valence-electron chi connectivity index (χ1n) is 4.47. The molecule has 0 spiro atoms. The van der Waals surface area contributed by atoms with Crippen LogP contribution in [0.2, 0.25) is 0 Å². The number of likely N-dealkylation sites (N-methyl/N-ethyl adjacent to an activating group) is 1. The van der Waals surface area contributed by atoms with Crippen LogP contribution in [0.1, 0.15) is 11.6 Å². The second-order valence-electron chi connectivity index (χ2n) is 3.35. The van der Waals surface area contributed by atoms with E-state index >= 15 is 0 Å². The first kappa shape index (κ1) is 9.52. The largest absolute Gasteiger partial charge is 0.370 e. The van der Waals surface area contributed by atoms with E-state index < -0.39 is 0 Å². The van der Waals surface area contributed by atoms with E-state index in [1.165, 1.54) is 5.56 Å². The van der Waals surface area contributed by atoms with Crippen LogP contribution in [0.15, 0.2) is 33.7 Å². The maximum absolute atomic E-state index is 5.72. The van der Waals surface area contributed by atoms with Crippen LogP contribution in [-0.4, -0.2) is 24.5 Å². The number of hydrogen-bond donors (Lipinski definition) is 1. The fourth-order valence-electron chi connectivity index (χ4n) is 1.63. The molecule has 0 fully saturated rings. The average Bonchev–Trinajstić information content (AvgIpc) is 2.49. The SMILES string of the molecule is CN1C(N)=NCC1c1ccccc1Br. The molecule has 0 aromatic heterocycles. The molecular weight excluding hydrogens is 242 g/mol. The number of benzene rings is 1. The van der Waals surface area contributed by atoms with Gasteiger partial charge in [0, 0.05) is 11.5 Å². The lowest BCUT2D eigenvalue weighted by Gasteiger charge is -2.22. The number of aliphatic imine (C=N–C) groups is 1. The van der Waals surface area contributed by atoms with E-state index in [0.29, 0.717) is 5.96 Å². The molecule has 0 saturated heterocycles. The number of nitrogens with two attached hydrogens (primary N) is 1. The summed E-state index contributed by atoms with van der Waals surface area (Å²) in [5.74, 6) is 0.616. The first-order chi connectivity index (χ1) is 6.70. The van der Waals surface area contributed by atoms with E-state index in [1.54, 1.807) is 0 Å². The number of halogens is 1. The van der Waals surface area contributed by atoms with Crippen molar-refractivity contribution in [2.45, 2.75) is 6.04 Å². The predicted octanol–water partition coefficient (Wildman–Crippen LogP) is 1.75. The third-order valence-corrected chi connectivity index (χ3v) is 3.24. The molecular formula is C10H12BrN3. The highest BCUT2D eigenvalue weighted by Crippen LogP contribution is 2.29. The second-order valence-corrected chi connectivity index (χ2v) is 4.20. The number of rotatable bonds is 1. The smallest absolute Gasteiger partial charge is 0.191 e. The number of nitrogens with zero attached hydrogens (tertiary/aromatic N) is 2. The average molecular weight is 254 g/mol. The molecule has 1 atom stereocenters. The van der Waals surface area contributed by atoms with Gasteiger partial charge in [-0.3, -0.25) is 4.99 Å². The Morgan fingerprint density at radius 3 is 2.79 bits per heavy atom. The molecule has 14 heavy (non-hydrogen) atoms. The van der Waals surface area contributed by atoms with Crippen molar-refractivity contribution in [2.24, 2.45) is 10.7 Å². The van der Waals surface area contributed by atoms with Crippen molar-refractivity contribution in [3.8, 4) is 0 Å². The van der Waals surface area contributed by atoms with Crippen LogP contribution in [0.3, 0.4) is 0 Å². The molecule has 0 bridgehead atoms. The summed E-state index contributed by atoms with van der Waals surface area (Å²) in [6.45, 7) is 0.741. The van der Waals surface area contributed by atoms with Gasteiger partial charge in [0.2, 0.25) is 0 Å². The summed E-state index contributed by atoms with van der Waals surface area (Å²) in [5.41, 5.74) is 6.95. The zero-order valence-corrected chi connectivity index (χ0v) is 9.53. The molecule has 1 aromatic rings. The van der Waals surface area contributed by atoms with Crippen molar-refractivity contribution < 1.29 is 0 Å². The molecule has 1 heterocycles. The summed E-state index contributed by atoms with van der Waals surface area (Å²) < 4.78 is 1.11. The molecule has 1 unspecified atom stereocenters. The Hall–Kier alpha value is -1.03. The molecule has 1 aliphatic rings. The van der Waals surface area contributed by atoms with E-state index in [2.05, 4.69) is 27.0 Å². The van der Waals surface area contributed by atoms with Gasteiger partial charge in [0.25, 0.3) is 0 Å². The summed E-state index contributed by atoms with van der Waals surface area (Å²) in [5, 5.41) is 0. The van der Waals surface area contributed by atoms with Gasteiger partial charge >= 0.3 is 0 Å². The predicted molar refractivity (Wildman–Crippen MR) is 61.1 cm³/mol. The van der Waals surface area contributed by atoms with E-state index in [-0.39, 0.29) is 6.04 Å². The van der Waals surface area contributed by atoms with Gasteiger partial charge in [0.05, 0.1) is 12.6 Å². The van der Waals surface area contributed by atoms with Crippen LogP contribution in [0.5, 0.6) is 0 Å². The van der Waals surface area contributed by atoms with Gasteiger partial charge in [0.15, 0.2) is 5.96 Å². The molecule has 2 N–H and O–H groups in total. The third kappa shape index (κ3) is 1.50. The van der Waals surface area contributed by atoms with E-state index in [4.69, 9.17) is 5.73 Å². The molecule has 1 aliphatic heterocycles. The van der Waals surface area contributed by atoms with Crippen LogP contribution in [-0.2, 0) is 0 Å². The monoisotopic (exact) mass is 253 g/mol. The Labute approximate surface area is 91.7 Å². The van der Waals surface area contributed by atoms with Gasteiger partial charge in [-0.25, -0.2) is 0 Å². The fraction of sp³-hybridized carbons (Fsp3) is 0.300. The minimum absolute atomic E-state index is 0.269. The highest BCUT2D eigenvalue weighted by atomic mass is 79.9. The van der Waals surface area contributed by atoms with Crippen molar-refractivity contribution >= 4 is 21.9 Å². The molecule has 0 amide bonds. The highest BCUT2D eigenvalue weighted by molar-refractivity contribution is 9.10. The zero-order chi connectivity index (χ0) is 10.1. The normalized spacial score (nSPS) is 21.1. The third-order valence-electron chi connectivity index (χ3n) is 2.52. The standard InChI is InChI=1S/C10H12BrN3/c1-14-9(6-13-10(14)12)7-4-2-3-5-8(7)11/h2-5,9H,6H2,1H3,(H2,12,13). The topological polar surface area (TPSA) is 41.6 Å². The maximum Gasteiger partial charge on any atom is 0.191 e. The Morgan fingerprint density at radius 2 is 2.21 bits per heavy atom. The van der Waals surface area contributed by atoms with E-state index in [0.717, 1.165) is 11.0 Å². The Balaban J connectivity index is 2.30. The van der Waals surface area contributed by atoms with Crippen molar-refractivity contribution in [2.75, 3.05) is 13.6 Å². The van der Waals surface area contributed by atoms with Crippen LogP contribution in [0.25, 0.3) is 0 Å². The Bertz CT molecular complexity index is 375. The van der Waals surface area contributed by atoms with Crippen molar-refractivity contribution in [3.63, 3.8) is 0 Å². The second kappa shape index (κ2) is 3.61. The maximum atomic E-state index is 5.72. The van der Waals surface area contributed by atoms with Crippen LogP contribution < -0.4 is 5.73 Å². The summed E-state index contributed by atoms with van der Waals surface area (Å²) in [4.78, 5) is 6.22. The first-order valence-corrected chi connectivity index (χ1v) is 5.26. The Kier molecular flexibility index (Phi) is 2.46. The number of hydrogen-bond acceptors (Lipinski definition) is 3. The lowest BCUT2D eigenvalue weighted by atomic mass is 10.1. The van der Waals surface area contributed by atoms with Crippen molar-refractivity contribution in [1.29, 1.82) is 0 Å². The zero-order valence-electron chi connectivity index (χ0n) is 7.94. The van der Waals surface area contributed by atoms with Crippen molar-refractivity contribution in [3.05, 3.63) is 34.3 Å². The van der Waals surface area contributed by atoms with Gasteiger partial charge in [0.1, 0.15) is 0 Å². The minimum atomic E-state index is 0.269. The van der Waals surface area contributed by atoms with Crippen LogP contribution in [0.4, 0.5) is 0 Å². The molecule has 4 heteroatoms. The molecule has 3 nitrogen and oxygen atoms in total. The van der Waals surface area contributed by atoms with Crippen LogP contribution >= 0.6 is 15.9 Å². The number of guanidine groups is 1. The lowest BCUT2D eigenvalue weighted by molar-refractivity contribution is 0.413. The summed E-state index contributed by atoms with van der Waals surface area (Å²) in [6, 6.07) is 8.44. The molecule has 0 radical (unpaired) electrons. The summed E-state index contributed by atoms with van der Waals surface area (Å²) >= 11 is 3.54. The minimum Gasteiger partial charge on any atom is -0.370 e. The Morgan fingerprint density at radius 1 is 1.50 bits per heavy atom. The van der Waals surface area contributed by atoms with Gasteiger partial charge in [-0.1, -0.05) is 34.1 Å². The van der Waals surface area contributed by atoms with Gasteiger partial charge in [-0.15, -0.1) is 0 Å².